The van der Waals surface area contributed by atoms with Crippen LogP contribution in [-0.2, 0) is 12.0 Å². The minimum absolute atomic E-state index is 0.0792. The number of benzene rings is 1. The fraction of sp³-hybridized carbons (Fsp3) is 0.471. The third-order valence-corrected chi connectivity index (χ3v) is 4.21. The molecule has 0 bridgehead atoms. The molecule has 0 saturated heterocycles. The average Bonchev–Trinajstić information content (AvgIpc) is 2.85. The highest BCUT2D eigenvalue weighted by Gasteiger charge is 2.25. The summed E-state index contributed by atoms with van der Waals surface area (Å²) in [5, 5.41) is 3.55. The molecule has 0 saturated carbocycles. The van der Waals surface area contributed by atoms with Crippen molar-refractivity contribution in [3.8, 4) is 0 Å². The van der Waals surface area contributed by atoms with E-state index < -0.39 is 0 Å². The lowest BCUT2D eigenvalue weighted by atomic mass is 9.93. The van der Waals surface area contributed by atoms with Gasteiger partial charge in [0.15, 0.2) is 0 Å². The van der Waals surface area contributed by atoms with E-state index in [0.29, 0.717) is 0 Å². The van der Waals surface area contributed by atoms with Crippen LogP contribution in [0.2, 0.25) is 0 Å². The molecule has 3 rings (SSSR count). The van der Waals surface area contributed by atoms with E-state index in [-0.39, 0.29) is 11.5 Å². The van der Waals surface area contributed by atoms with Gasteiger partial charge in [-0.1, -0.05) is 32.9 Å². The SMILES string of the molecule is Cc1ccc(C2CCn3cc(C(C)(C)C)nc3N2)cc1N. The van der Waals surface area contributed by atoms with Crippen LogP contribution in [0.5, 0.6) is 0 Å². The molecule has 1 unspecified atom stereocenters. The Balaban J connectivity index is 1.87. The number of nitrogens with two attached hydrogens (primary N) is 1. The Morgan fingerprint density at radius 3 is 2.76 bits per heavy atom. The fourth-order valence-corrected chi connectivity index (χ4v) is 2.68. The molecule has 2 aromatic rings. The van der Waals surface area contributed by atoms with Gasteiger partial charge in [0.2, 0.25) is 5.95 Å². The van der Waals surface area contributed by atoms with Crippen molar-refractivity contribution in [1.82, 2.24) is 9.55 Å². The van der Waals surface area contributed by atoms with Crippen molar-refractivity contribution in [3.63, 3.8) is 0 Å². The summed E-state index contributed by atoms with van der Waals surface area (Å²) in [4.78, 5) is 4.76. The Morgan fingerprint density at radius 1 is 1.33 bits per heavy atom. The van der Waals surface area contributed by atoms with E-state index in [0.717, 1.165) is 35.9 Å². The maximum Gasteiger partial charge on any atom is 0.203 e. The summed E-state index contributed by atoms with van der Waals surface area (Å²) in [5.41, 5.74) is 10.5. The second-order valence-corrected chi connectivity index (χ2v) is 6.99. The van der Waals surface area contributed by atoms with Crippen LogP contribution in [0.3, 0.4) is 0 Å². The molecule has 112 valence electrons. The smallest absolute Gasteiger partial charge is 0.203 e. The van der Waals surface area contributed by atoms with Crippen LogP contribution in [-0.4, -0.2) is 9.55 Å². The summed E-state index contributed by atoms with van der Waals surface area (Å²) >= 11 is 0. The number of anilines is 2. The number of fused-ring (bicyclic) bond motifs is 1. The number of nitrogen functional groups attached to an aromatic ring is 1. The van der Waals surface area contributed by atoms with Gasteiger partial charge in [-0.25, -0.2) is 4.98 Å². The standard InChI is InChI=1S/C17H24N4/c1-11-5-6-12(9-13(11)18)14-7-8-21-10-15(17(2,3)4)20-16(21)19-14/h5-6,9-10,14H,7-8,18H2,1-4H3,(H,19,20). The van der Waals surface area contributed by atoms with E-state index in [1.54, 1.807) is 0 Å². The molecule has 2 heterocycles. The lowest BCUT2D eigenvalue weighted by molar-refractivity contribution is 0.541. The van der Waals surface area contributed by atoms with E-state index in [9.17, 15) is 0 Å². The number of hydrogen-bond acceptors (Lipinski definition) is 3. The Morgan fingerprint density at radius 2 is 2.10 bits per heavy atom. The predicted octanol–water partition coefficient (Wildman–Crippen LogP) is 3.63. The quantitative estimate of drug-likeness (QED) is 0.786. The first-order valence-electron chi connectivity index (χ1n) is 7.55. The molecule has 1 aromatic heterocycles. The molecule has 4 nitrogen and oxygen atoms in total. The van der Waals surface area contributed by atoms with Gasteiger partial charge >= 0.3 is 0 Å². The maximum atomic E-state index is 6.03. The molecule has 21 heavy (non-hydrogen) atoms. The van der Waals surface area contributed by atoms with Crippen molar-refractivity contribution in [1.29, 1.82) is 0 Å². The lowest BCUT2D eigenvalue weighted by Gasteiger charge is -2.26. The monoisotopic (exact) mass is 284 g/mol. The highest BCUT2D eigenvalue weighted by atomic mass is 15.2. The molecule has 1 aliphatic heterocycles. The molecule has 3 N–H and O–H groups in total. The van der Waals surface area contributed by atoms with Crippen molar-refractivity contribution >= 4 is 11.6 Å². The Kier molecular flexibility index (Phi) is 3.19. The van der Waals surface area contributed by atoms with Crippen LogP contribution in [0.15, 0.2) is 24.4 Å². The number of aromatic nitrogens is 2. The van der Waals surface area contributed by atoms with Crippen LogP contribution in [0.4, 0.5) is 11.6 Å². The van der Waals surface area contributed by atoms with Crippen LogP contribution in [0.25, 0.3) is 0 Å². The Bertz CT molecular complexity index is 664. The Hall–Kier alpha value is -1.97. The van der Waals surface area contributed by atoms with E-state index in [2.05, 4.69) is 55.1 Å². The fourth-order valence-electron chi connectivity index (χ4n) is 2.68. The molecular weight excluding hydrogens is 260 g/mol. The summed E-state index contributed by atoms with van der Waals surface area (Å²) in [6, 6.07) is 6.62. The van der Waals surface area contributed by atoms with E-state index >= 15 is 0 Å². The van der Waals surface area contributed by atoms with Gasteiger partial charge in [0.1, 0.15) is 0 Å². The zero-order valence-corrected chi connectivity index (χ0v) is 13.3. The largest absolute Gasteiger partial charge is 0.399 e. The van der Waals surface area contributed by atoms with Crippen LogP contribution < -0.4 is 11.1 Å². The number of imidazole rings is 1. The Labute approximate surface area is 126 Å². The van der Waals surface area contributed by atoms with Gasteiger partial charge in [-0.2, -0.15) is 0 Å². The topological polar surface area (TPSA) is 55.9 Å². The number of nitrogens with zero attached hydrogens (tertiary/aromatic N) is 2. The van der Waals surface area contributed by atoms with Crippen molar-refractivity contribution in [3.05, 3.63) is 41.2 Å². The zero-order chi connectivity index (χ0) is 15.2. The molecular formula is C17H24N4. The molecule has 1 aliphatic rings. The van der Waals surface area contributed by atoms with Gasteiger partial charge in [0.25, 0.3) is 0 Å². The summed E-state index contributed by atoms with van der Waals surface area (Å²) in [5.74, 6) is 0.968. The van der Waals surface area contributed by atoms with Crippen LogP contribution in [0, 0.1) is 6.92 Å². The minimum Gasteiger partial charge on any atom is -0.399 e. The summed E-state index contributed by atoms with van der Waals surface area (Å²) in [6.45, 7) is 9.61. The first-order chi connectivity index (χ1) is 9.84. The van der Waals surface area contributed by atoms with Crippen molar-refractivity contribution in [2.75, 3.05) is 11.1 Å². The highest BCUT2D eigenvalue weighted by molar-refractivity contribution is 5.50. The molecule has 1 aromatic carbocycles. The summed E-state index contributed by atoms with van der Waals surface area (Å²) in [7, 11) is 0. The van der Waals surface area contributed by atoms with Gasteiger partial charge < -0.3 is 15.6 Å². The summed E-state index contributed by atoms with van der Waals surface area (Å²) in [6.07, 6.45) is 3.22. The maximum absolute atomic E-state index is 6.03. The number of hydrogen-bond donors (Lipinski definition) is 2. The van der Waals surface area contributed by atoms with E-state index in [4.69, 9.17) is 10.7 Å². The van der Waals surface area contributed by atoms with Crippen molar-refractivity contribution < 1.29 is 0 Å². The lowest BCUT2D eigenvalue weighted by Crippen LogP contribution is -2.22. The van der Waals surface area contributed by atoms with Gasteiger partial charge in [-0.3, -0.25) is 0 Å². The third kappa shape index (κ3) is 2.62. The van der Waals surface area contributed by atoms with Gasteiger partial charge in [0, 0.05) is 23.8 Å². The first kappa shape index (κ1) is 14.0. The third-order valence-electron chi connectivity index (χ3n) is 4.21. The highest BCUT2D eigenvalue weighted by Crippen LogP contribution is 2.32. The normalized spacial score (nSPS) is 18.2. The van der Waals surface area contributed by atoms with Gasteiger partial charge in [-0.05, 0) is 30.5 Å². The number of rotatable bonds is 1. The minimum atomic E-state index is 0.0792. The van der Waals surface area contributed by atoms with E-state index in [1.165, 1.54) is 5.56 Å². The van der Waals surface area contributed by atoms with E-state index in [1.807, 2.05) is 6.92 Å². The molecule has 0 amide bonds. The van der Waals surface area contributed by atoms with Gasteiger partial charge in [0.05, 0.1) is 11.7 Å². The molecule has 0 fully saturated rings. The number of nitrogens with one attached hydrogen (secondary N) is 1. The molecule has 0 radical (unpaired) electrons. The first-order valence-corrected chi connectivity index (χ1v) is 7.55. The zero-order valence-electron chi connectivity index (χ0n) is 13.3. The van der Waals surface area contributed by atoms with Crippen molar-refractivity contribution in [2.24, 2.45) is 0 Å². The van der Waals surface area contributed by atoms with Crippen LogP contribution in [0.1, 0.15) is 50.1 Å². The molecule has 4 heteroatoms. The average molecular weight is 284 g/mol. The van der Waals surface area contributed by atoms with Crippen molar-refractivity contribution in [2.45, 2.75) is 52.1 Å². The second kappa shape index (κ2) is 4.79. The number of aryl methyl sites for hydroxylation is 2. The second-order valence-electron chi connectivity index (χ2n) is 6.99. The molecule has 0 spiro atoms. The molecule has 0 aliphatic carbocycles. The van der Waals surface area contributed by atoms with Gasteiger partial charge in [-0.15, -0.1) is 0 Å². The van der Waals surface area contributed by atoms with Crippen LogP contribution >= 0.6 is 0 Å². The molecule has 1 atom stereocenters. The predicted molar refractivity (Wildman–Crippen MR) is 87.5 cm³/mol. The summed E-state index contributed by atoms with van der Waals surface area (Å²) < 4.78 is 2.22.